The number of carboxylic acid groups (broad SMARTS) is 4. The van der Waals surface area contributed by atoms with Crippen molar-refractivity contribution >= 4 is 29.8 Å². The molecule has 12 heteroatoms. The molecule has 0 aliphatic rings. The summed E-state index contributed by atoms with van der Waals surface area (Å²) in [6.07, 6.45) is -0.240. The highest BCUT2D eigenvalue weighted by Gasteiger charge is 2.21. The number of nitrogens with two attached hydrogens (primary N) is 2. The summed E-state index contributed by atoms with van der Waals surface area (Å²) >= 11 is 0. The third-order valence-electron chi connectivity index (χ3n) is 3.90. The number of carboxylic acids is 4. The average Bonchev–Trinajstić information content (AvgIpc) is 2.70. The second kappa shape index (κ2) is 14.5. The molecule has 9 N–H and O–H groups in total. The summed E-state index contributed by atoms with van der Waals surface area (Å²) in [6.45, 7) is 0. The number of benzene rings is 1. The summed E-state index contributed by atoms with van der Waals surface area (Å²) in [4.78, 5) is 53.2. The maximum Gasteiger partial charge on any atom is 0.326 e. The molecule has 3 unspecified atom stereocenters. The molecule has 172 valence electrons. The van der Waals surface area contributed by atoms with Crippen molar-refractivity contribution in [3.63, 3.8) is 0 Å². The van der Waals surface area contributed by atoms with Crippen LogP contribution >= 0.6 is 0 Å². The highest BCUT2D eigenvalue weighted by molar-refractivity contribution is 5.84. The van der Waals surface area contributed by atoms with E-state index in [1.54, 1.807) is 24.3 Å². The van der Waals surface area contributed by atoms with Crippen LogP contribution in [0.25, 0.3) is 0 Å². The first-order chi connectivity index (χ1) is 14.4. The number of aliphatic carboxylic acids is 4. The summed E-state index contributed by atoms with van der Waals surface area (Å²) in [5, 5.41) is 36.4. The molecule has 0 spiro atoms. The second-order valence-electron chi connectivity index (χ2n) is 6.51. The molecule has 0 saturated carbocycles. The number of carbonyl (C=O) groups is 5. The predicted octanol–water partition coefficient (Wildman–Crippen LogP) is -0.746. The van der Waals surface area contributed by atoms with Gasteiger partial charge in [0.15, 0.2) is 0 Å². The summed E-state index contributed by atoms with van der Waals surface area (Å²) in [6, 6.07) is 5.66. The third kappa shape index (κ3) is 13.4. The smallest absolute Gasteiger partial charge is 0.326 e. The standard InChI is InChI=1S/C14H18N2O5.C5H9NO4/c15-10(13(18)19)6-7-12(17)16-11(14(20)21)8-9-4-2-1-3-5-9;6-3(5(9)10)1-2-4(7)8/h1-5,10-11H,6-8,15H2,(H,16,17)(H,18,19)(H,20,21);3H,1-2,6H2,(H,7,8)(H,9,10). The fraction of sp³-hybridized carbons (Fsp3) is 0.421. The number of amides is 1. The van der Waals surface area contributed by atoms with Crippen LogP contribution in [0.4, 0.5) is 0 Å². The number of nitrogens with one attached hydrogen (secondary N) is 1. The van der Waals surface area contributed by atoms with Crippen molar-refractivity contribution in [1.29, 1.82) is 0 Å². The Labute approximate surface area is 177 Å². The van der Waals surface area contributed by atoms with Gasteiger partial charge in [-0.1, -0.05) is 30.3 Å². The van der Waals surface area contributed by atoms with Gasteiger partial charge in [-0.15, -0.1) is 0 Å². The van der Waals surface area contributed by atoms with Gasteiger partial charge in [-0.25, -0.2) is 4.79 Å². The van der Waals surface area contributed by atoms with Crippen molar-refractivity contribution in [2.24, 2.45) is 11.5 Å². The molecule has 0 fully saturated rings. The van der Waals surface area contributed by atoms with Crippen LogP contribution in [0.15, 0.2) is 30.3 Å². The molecule has 1 amide bonds. The monoisotopic (exact) mass is 441 g/mol. The van der Waals surface area contributed by atoms with Gasteiger partial charge in [0.25, 0.3) is 0 Å². The Morgan fingerprint density at radius 1 is 0.774 bits per heavy atom. The van der Waals surface area contributed by atoms with Gasteiger partial charge in [-0.2, -0.15) is 0 Å². The Hall–Kier alpha value is -3.51. The summed E-state index contributed by atoms with van der Waals surface area (Å²) in [5.41, 5.74) is 11.1. The maximum absolute atomic E-state index is 11.7. The quantitative estimate of drug-likeness (QED) is 0.213. The molecule has 0 aliphatic carbocycles. The van der Waals surface area contributed by atoms with E-state index >= 15 is 0 Å². The minimum atomic E-state index is -1.19. The lowest BCUT2D eigenvalue weighted by molar-refractivity contribution is -0.142. The Balaban J connectivity index is 0.000000759. The van der Waals surface area contributed by atoms with E-state index in [0.717, 1.165) is 5.56 Å². The van der Waals surface area contributed by atoms with E-state index < -0.39 is 47.9 Å². The highest BCUT2D eigenvalue weighted by Crippen LogP contribution is 2.04. The zero-order chi connectivity index (χ0) is 24.0. The summed E-state index contributed by atoms with van der Waals surface area (Å²) in [5.74, 6) is -5.07. The van der Waals surface area contributed by atoms with Crippen molar-refractivity contribution in [2.45, 2.75) is 50.2 Å². The lowest BCUT2D eigenvalue weighted by Gasteiger charge is -2.15. The lowest BCUT2D eigenvalue weighted by atomic mass is 10.1. The second-order valence-corrected chi connectivity index (χ2v) is 6.51. The zero-order valence-corrected chi connectivity index (χ0v) is 16.6. The van der Waals surface area contributed by atoms with E-state index in [4.69, 9.17) is 31.9 Å². The topological polar surface area (TPSA) is 230 Å². The maximum atomic E-state index is 11.7. The first kappa shape index (κ1) is 27.5. The molecule has 1 aromatic carbocycles. The van der Waals surface area contributed by atoms with Crippen molar-refractivity contribution < 1.29 is 44.4 Å². The molecule has 0 saturated heterocycles. The van der Waals surface area contributed by atoms with Gasteiger partial charge in [0, 0.05) is 19.3 Å². The Kier molecular flexibility index (Phi) is 12.8. The van der Waals surface area contributed by atoms with Gasteiger partial charge < -0.3 is 37.2 Å². The fourth-order valence-electron chi connectivity index (χ4n) is 2.13. The predicted molar refractivity (Wildman–Crippen MR) is 107 cm³/mol. The van der Waals surface area contributed by atoms with Crippen molar-refractivity contribution in [2.75, 3.05) is 0 Å². The first-order valence-electron chi connectivity index (χ1n) is 9.18. The van der Waals surface area contributed by atoms with Crippen LogP contribution in [0.2, 0.25) is 0 Å². The molecule has 12 nitrogen and oxygen atoms in total. The molecular formula is C19H27N3O9. The van der Waals surface area contributed by atoms with Crippen LogP contribution in [-0.2, 0) is 30.4 Å². The van der Waals surface area contributed by atoms with E-state index in [9.17, 15) is 24.0 Å². The normalized spacial score (nSPS) is 13.0. The van der Waals surface area contributed by atoms with Gasteiger partial charge in [0.1, 0.15) is 18.1 Å². The van der Waals surface area contributed by atoms with Crippen LogP contribution in [0.3, 0.4) is 0 Å². The first-order valence-corrected chi connectivity index (χ1v) is 9.18. The van der Waals surface area contributed by atoms with E-state index in [1.165, 1.54) is 0 Å². The van der Waals surface area contributed by atoms with E-state index in [0.29, 0.717) is 0 Å². The molecule has 3 atom stereocenters. The molecule has 31 heavy (non-hydrogen) atoms. The number of hydrogen-bond donors (Lipinski definition) is 7. The highest BCUT2D eigenvalue weighted by atomic mass is 16.4. The van der Waals surface area contributed by atoms with Gasteiger partial charge in [0.05, 0.1) is 0 Å². The van der Waals surface area contributed by atoms with Gasteiger partial charge >= 0.3 is 23.9 Å². The Morgan fingerprint density at radius 2 is 1.26 bits per heavy atom. The third-order valence-corrected chi connectivity index (χ3v) is 3.90. The number of rotatable bonds is 12. The minimum absolute atomic E-state index is 0.0231. The molecule has 1 rings (SSSR count). The average molecular weight is 441 g/mol. The summed E-state index contributed by atoms with van der Waals surface area (Å²) in [7, 11) is 0. The zero-order valence-electron chi connectivity index (χ0n) is 16.6. The van der Waals surface area contributed by atoms with Crippen molar-refractivity contribution in [3.8, 4) is 0 Å². The van der Waals surface area contributed by atoms with E-state index in [1.807, 2.05) is 6.07 Å². The van der Waals surface area contributed by atoms with Crippen LogP contribution in [0.5, 0.6) is 0 Å². The Bertz CT molecular complexity index is 755. The molecule has 0 aliphatic heterocycles. The molecule has 0 radical (unpaired) electrons. The molecule has 1 aromatic rings. The van der Waals surface area contributed by atoms with E-state index in [-0.39, 0.29) is 32.1 Å². The van der Waals surface area contributed by atoms with Gasteiger partial charge in [0.2, 0.25) is 5.91 Å². The van der Waals surface area contributed by atoms with Gasteiger partial charge in [-0.05, 0) is 18.4 Å². The van der Waals surface area contributed by atoms with Crippen LogP contribution in [0, 0.1) is 0 Å². The van der Waals surface area contributed by atoms with Crippen molar-refractivity contribution in [1.82, 2.24) is 5.32 Å². The molecule has 0 bridgehead atoms. The van der Waals surface area contributed by atoms with Crippen LogP contribution in [0.1, 0.15) is 31.2 Å². The molecule has 0 aromatic heterocycles. The summed E-state index contributed by atoms with van der Waals surface area (Å²) < 4.78 is 0. The Morgan fingerprint density at radius 3 is 1.68 bits per heavy atom. The van der Waals surface area contributed by atoms with Crippen molar-refractivity contribution in [3.05, 3.63) is 35.9 Å². The van der Waals surface area contributed by atoms with E-state index in [2.05, 4.69) is 5.32 Å². The van der Waals surface area contributed by atoms with Crippen LogP contribution in [-0.4, -0.2) is 68.3 Å². The number of hydrogen-bond acceptors (Lipinski definition) is 7. The SMILES string of the molecule is NC(CCC(=O)NC(Cc1ccccc1)C(=O)O)C(=O)O.NC(CCC(=O)O)C(=O)O. The lowest BCUT2D eigenvalue weighted by Crippen LogP contribution is -2.43. The minimum Gasteiger partial charge on any atom is -0.481 e. The molecule has 0 heterocycles. The molecular weight excluding hydrogens is 414 g/mol. The largest absolute Gasteiger partial charge is 0.481 e. The number of carbonyl (C=O) groups excluding carboxylic acids is 1. The van der Waals surface area contributed by atoms with Gasteiger partial charge in [-0.3, -0.25) is 19.2 Å². The van der Waals surface area contributed by atoms with Crippen LogP contribution < -0.4 is 16.8 Å². The fourth-order valence-corrected chi connectivity index (χ4v) is 2.13.